The molecule has 0 aliphatic carbocycles. The summed E-state index contributed by atoms with van der Waals surface area (Å²) in [5, 5.41) is 0. The summed E-state index contributed by atoms with van der Waals surface area (Å²) in [6.45, 7) is -0.748. The zero-order chi connectivity index (χ0) is 13.2. The molecule has 0 bridgehead atoms. The number of nitrogens with two attached hydrogens (primary N) is 1. The third-order valence-electron chi connectivity index (χ3n) is 2.30. The lowest BCUT2D eigenvalue weighted by molar-refractivity contribution is -0.171. The molecular weight excluding hydrogens is 248 g/mol. The monoisotopic (exact) mass is 257 g/mol. The van der Waals surface area contributed by atoms with E-state index in [1.165, 1.54) is 0 Å². The number of hydrogen-bond donors (Lipinski definition) is 1. The Bertz CT molecular complexity index is 401. The molecule has 0 aromatic heterocycles. The van der Waals surface area contributed by atoms with Crippen LogP contribution < -0.4 is 5.73 Å². The standard InChI is InChI=1S/C10H9F6N/c11-7-3-9(13)8(12)2-5(7)1-6(4-17)10(14,15)16/h2-3,6H,1,4,17H2. The molecule has 0 amide bonds. The average molecular weight is 257 g/mol. The van der Waals surface area contributed by atoms with Crippen LogP contribution >= 0.6 is 0 Å². The van der Waals surface area contributed by atoms with Gasteiger partial charge in [-0.15, -0.1) is 0 Å². The van der Waals surface area contributed by atoms with Gasteiger partial charge in [0.05, 0.1) is 5.92 Å². The van der Waals surface area contributed by atoms with Crippen LogP contribution in [0.5, 0.6) is 0 Å². The smallest absolute Gasteiger partial charge is 0.330 e. The first-order valence-electron chi connectivity index (χ1n) is 4.66. The van der Waals surface area contributed by atoms with Crippen LogP contribution in [0.4, 0.5) is 26.3 Å². The normalized spacial score (nSPS) is 13.8. The van der Waals surface area contributed by atoms with E-state index in [-0.39, 0.29) is 6.07 Å². The third-order valence-corrected chi connectivity index (χ3v) is 2.30. The Morgan fingerprint density at radius 1 is 1.00 bits per heavy atom. The largest absolute Gasteiger partial charge is 0.393 e. The highest BCUT2D eigenvalue weighted by Gasteiger charge is 2.38. The summed E-state index contributed by atoms with van der Waals surface area (Å²) in [7, 11) is 0. The molecule has 1 rings (SSSR count). The van der Waals surface area contributed by atoms with Crippen molar-refractivity contribution >= 4 is 0 Å². The molecule has 0 heterocycles. The minimum Gasteiger partial charge on any atom is -0.330 e. The maximum Gasteiger partial charge on any atom is 0.393 e. The second kappa shape index (κ2) is 4.95. The van der Waals surface area contributed by atoms with Gasteiger partial charge < -0.3 is 5.73 Å². The minimum absolute atomic E-state index is 0.217. The fourth-order valence-electron chi connectivity index (χ4n) is 1.32. The predicted octanol–water partition coefficient (Wildman–Crippen LogP) is 2.78. The van der Waals surface area contributed by atoms with Crippen LogP contribution in [0.1, 0.15) is 5.56 Å². The molecule has 1 aromatic rings. The van der Waals surface area contributed by atoms with Crippen LogP contribution in [-0.2, 0) is 6.42 Å². The van der Waals surface area contributed by atoms with Gasteiger partial charge in [-0.3, -0.25) is 0 Å². The summed E-state index contributed by atoms with van der Waals surface area (Å²) < 4.78 is 75.4. The molecule has 0 spiro atoms. The van der Waals surface area contributed by atoms with Crippen LogP contribution in [0.25, 0.3) is 0 Å². The maximum atomic E-state index is 13.1. The number of halogens is 6. The molecule has 1 unspecified atom stereocenters. The first-order valence-corrected chi connectivity index (χ1v) is 4.66. The van der Waals surface area contributed by atoms with Crippen molar-refractivity contribution in [2.75, 3.05) is 6.54 Å². The van der Waals surface area contributed by atoms with Crippen LogP contribution in [0.15, 0.2) is 12.1 Å². The van der Waals surface area contributed by atoms with Crippen molar-refractivity contribution in [3.63, 3.8) is 0 Å². The van der Waals surface area contributed by atoms with Gasteiger partial charge in [0.2, 0.25) is 0 Å². The second-order valence-electron chi connectivity index (χ2n) is 3.54. The molecule has 1 aromatic carbocycles. The zero-order valence-electron chi connectivity index (χ0n) is 8.49. The molecular formula is C10H9F6N. The van der Waals surface area contributed by atoms with Crippen molar-refractivity contribution in [1.29, 1.82) is 0 Å². The second-order valence-corrected chi connectivity index (χ2v) is 3.54. The van der Waals surface area contributed by atoms with Gasteiger partial charge in [-0.25, -0.2) is 13.2 Å². The van der Waals surface area contributed by atoms with Crippen molar-refractivity contribution in [3.05, 3.63) is 35.1 Å². The SMILES string of the molecule is NCC(Cc1cc(F)c(F)cc1F)C(F)(F)F. The van der Waals surface area contributed by atoms with Crippen molar-refractivity contribution in [2.45, 2.75) is 12.6 Å². The van der Waals surface area contributed by atoms with E-state index < -0.39 is 48.1 Å². The van der Waals surface area contributed by atoms with Gasteiger partial charge in [-0.1, -0.05) is 0 Å². The highest BCUT2D eigenvalue weighted by molar-refractivity contribution is 5.21. The van der Waals surface area contributed by atoms with E-state index in [1.54, 1.807) is 0 Å². The predicted molar refractivity (Wildman–Crippen MR) is 48.6 cm³/mol. The van der Waals surface area contributed by atoms with E-state index in [9.17, 15) is 26.3 Å². The molecule has 17 heavy (non-hydrogen) atoms. The van der Waals surface area contributed by atoms with Crippen LogP contribution in [0.2, 0.25) is 0 Å². The molecule has 1 atom stereocenters. The summed E-state index contributed by atoms with van der Waals surface area (Å²) in [6.07, 6.45) is -5.42. The van der Waals surface area contributed by atoms with E-state index in [0.717, 1.165) is 0 Å². The highest BCUT2D eigenvalue weighted by atomic mass is 19.4. The van der Waals surface area contributed by atoms with Gasteiger partial charge in [0, 0.05) is 12.6 Å². The van der Waals surface area contributed by atoms with Crippen LogP contribution in [-0.4, -0.2) is 12.7 Å². The summed E-state index contributed by atoms with van der Waals surface area (Å²) in [5.74, 6) is -6.03. The fraction of sp³-hybridized carbons (Fsp3) is 0.400. The summed E-state index contributed by atoms with van der Waals surface area (Å²) in [4.78, 5) is 0. The van der Waals surface area contributed by atoms with Gasteiger partial charge in [0.15, 0.2) is 11.6 Å². The van der Waals surface area contributed by atoms with Gasteiger partial charge in [-0.2, -0.15) is 13.2 Å². The topological polar surface area (TPSA) is 26.0 Å². The van der Waals surface area contributed by atoms with Crippen molar-refractivity contribution in [3.8, 4) is 0 Å². The minimum atomic E-state index is -4.61. The molecule has 0 saturated heterocycles. The van der Waals surface area contributed by atoms with Crippen LogP contribution in [0.3, 0.4) is 0 Å². The molecule has 0 aliphatic rings. The van der Waals surface area contributed by atoms with Crippen molar-refractivity contribution in [2.24, 2.45) is 11.7 Å². The first kappa shape index (κ1) is 13.8. The molecule has 96 valence electrons. The van der Waals surface area contributed by atoms with Crippen LogP contribution in [0, 0.1) is 23.4 Å². The maximum absolute atomic E-state index is 13.1. The Labute approximate surface area is 93.2 Å². The Morgan fingerprint density at radius 3 is 2.00 bits per heavy atom. The van der Waals surface area contributed by atoms with Gasteiger partial charge in [-0.05, 0) is 18.1 Å². The molecule has 7 heteroatoms. The lowest BCUT2D eigenvalue weighted by atomic mass is 9.98. The molecule has 1 nitrogen and oxygen atoms in total. The number of alkyl halides is 3. The van der Waals surface area contributed by atoms with Gasteiger partial charge in [0.25, 0.3) is 0 Å². The first-order chi connectivity index (χ1) is 7.75. The van der Waals surface area contributed by atoms with Crippen molar-refractivity contribution in [1.82, 2.24) is 0 Å². The van der Waals surface area contributed by atoms with Gasteiger partial charge >= 0.3 is 6.18 Å². The number of benzene rings is 1. The van der Waals surface area contributed by atoms with E-state index in [0.29, 0.717) is 6.07 Å². The molecule has 0 fully saturated rings. The molecule has 2 N–H and O–H groups in total. The third kappa shape index (κ3) is 3.36. The fourth-order valence-corrected chi connectivity index (χ4v) is 1.32. The zero-order valence-corrected chi connectivity index (χ0v) is 8.49. The molecule has 0 saturated carbocycles. The highest BCUT2D eigenvalue weighted by Crippen LogP contribution is 2.29. The van der Waals surface area contributed by atoms with Gasteiger partial charge in [0.1, 0.15) is 5.82 Å². The van der Waals surface area contributed by atoms with Crippen molar-refractivity contribution < 1.29 is 26.3 Å². The Balaban J connectivity index is 2.98. The Kier molecular flexibility index (Phi) is 4.03. The van der Waals surface area contributed by atoms with E-state index in [1.807, 2.05) is 0 Å². The molecule has 0 aliphatic heterocycles. The number of rotatable bonds is 3. The summed E-state index contributed by atoms with van der Waals surface area (Å²) in [6, 6.07) is 0.633. The summed E-state index contributed by atoms with van der Waals surface area (Å²) >= 11 is 0. The average Bonchev–Trinajstić information content (AvgIpc) is 2.19. The van der Waals surface area contributed by atoms with E-state index >= 15 is 0 Å². The van der Waals surface area contributed by atoms with E-state index in [4.69, 9.17) is 5.73 Å². The summed E-state index contributed by atoms with van der Waals surface area (Å²) in [5.41, 5.74) is 4.37. The Hall–Kier alpha value is -1.24. The van der Waals surface area contributed by atoms with E-state index in [2.05, 4.69) is 0 Å². The Morgan fingerprint density at radius 2 is 1.53 bits per heavy atom. The lowest BCUT2D eigenvalue weighted by Gasteiger charge is -2.18. The quantitative estimate of drug-likeness (QED) is 0.654. The number of hydrogen-bond acceptors (Lipinski definition) is 1. The lowest BCUT2D eigenvalue weighted by Crippen LogP contribution is -2.32. The molecule has 0 radical (unpaired) electrons.